The van der Waals surface area contributed by atoms with E-state index in [2.05, 4.69) is 22.7 Å². The molecule has 2 aliphatic carbocycles. The Morgan fingerprint density at radius 3 is 2.76 bits per heavy atom. The van der Waals surface area contributed by atoms with Crippen LogP contribution < -0.4 is 5.32 Å². The van der Waals surface area contributed by atoms with Crippen LogP contribution in [-0.2, 0) is 13.5 Å². The second kappa shape index (κ2) is 4.45. The second-order valence-electron chi connectivity index (χ2n) is 6.02. The van der Waals surface area contributed by atoms with Crippen molar-refractivity contribution in [1.29, 1.82) is 0 Å². The molecule has 17 heavy (non-hydrogen) atoms. The molecule has 0 amide bonds. The molecule has 1 aromatic heterocycles. The molecule has 1 N–H and O–H groups in total. The topological polar surface area (TPSA) is 29.9 Å². The summed E-state index contributed by atoms with van der Waals surface area (Å²) in [7, 11) is 2.01. The van der Waals surface area contributed by atoms with E-state index in [0.29, 0.717) is 5.41 Å². The lowest BCUT2D eigenvalue weighted by Crippen LogP contribution is -2.35. The minimum Gasteiger partial charge on any atom is -0.313 e. The molecule has 3 nitrogen and oxygen atoms in total. The first-order chi connectivity index (χ1) is 8.26. The van der Waals surface area contributed by atoms with Gasteiger partial charge in [-0.15, -0.1) is 0 Å². The molecule has 2 fully saturated rings. The normalized spacial score (nSPS) is 23.1. The van der Waals surface area contributed by atoms with E-state index < -0.39 is 0 Å². The highest BCUT2D eigenvalue weighted by Gasteiger charge is 2.36. The van der Waals surface area contributed by atoms with Gasteiger partial charge >= 0.3 is 0 Å². The largest absolute Gasteiger partial charge is 0.313 e. The lowest BCUT2D eigenvalue weighted by atomic mass is 9.81. The minimum absolute atomic E-state index is 0.497. The number of nitrogens with one attached hydrogen (secondary N) is 1. The maximum absolute atomic E-state index is 4.55. The molecule has 0 aliphatic heterocycles. The zero-order valence-electron chi connectivity index (χ0n) is 10.8. The van der Waals surface area contributed by atoms with Gasteiger partial charge in [0.25, 0.3) is 0 Å². The molecule has 3 rings (SSSR count). The van der Waals surface area contributed by atoms with Crippen molar-refractivity contribution >= 4 is 0 Å². The van der Waals surface area contributed by atoms with Gasteiger partial charge < -0.3 is 5.32 Å². The third-order valence-electron chi connectivity index (χ3n) is 4.33. The van der Waals surface area contributed by atoms with E-state index >= 15 is 0 Å². The van der Waals surface area contributed by atoms with E-state index in [1.165, 1.54) is 50.8 Å². The van der Waals surface area contributed by atoms with Crippen molar-refractivity contribution in [1.82, 2.24) is 15.1 Å². The van der Waals surface area contributed by atoms with Crippen molar-refractivity contribution in [3.8, 4) is 0 Å². The fourth-order valence-corrected chi connectivity index (χ4v) is 3.13. The van der Waals surface area contributed by atoms with Crippen LogP contribution in [0.15, 0.2) is 12.3 Å². The van der Waals surface area contributed by atoms with Gasteiger partial charge in [0.2, 0.25) is 0 Å². The summed E-state index contributed by atoms with van der Waals surface area (Å²) in [5, 5.41) is 8.28. The highest BCUT2D eigenvalue weighted by molar-refractivity contribution is 5.05. The fourth-order valence-electron chi connectivity index (χ4n) is 3.13. The van der Waals surface area contributed by atoms with Crippen LogP contribution in [0.1, 0.15) is 44.2 Å². The summed E-state index contributed by atoms with van der Waals surface area (Å²) in [6.07, 6.45) is 11.6. The molecule has 0 spiro atoms. The molecule has 1 aromatic rings. The third kappa shape index (κ3) is 2.71. The number of hydrogen-bond acceptors (Lipinski definition) is 2. The highest BCUT2D eigenvalue weighted by atomic mass is 15.2. The molecule has 0 radical (unpaired) electrons. The Labute approximate surface area is 104 Å². The molecule has 2 aliphatic rings. The molecule has 1 heterocycles. The number of aromatic nitrogens is 2. The lowest BCUT2D eigenvalue weighted by molar-refractivity contribution is 0.273. The molecular formula is C14H23N3. The summed E-state index contributed by atoms with van der Waals surface area (Å²) in [5.74, 6) is 0. The SMILES string of the molecule is Cn1ccc(CC2(CNC3CC3)CCCC2)n1. The van der Waals surface area contributed by atoms with E-state index in [1.54, 1.807) is 0 Å². The van der Waals surface area contributed by atoms with Gasteiger partial charge in [-0.05, 0) is 43.6 Å². The fraction of sp³-hybridized carbons (Fsp3) is 0.786. The van der Waals surface area contributed by atoms with E-state index in [0.717, 1.165) is 12.5 Å². The molecule has 0 bridgehead atoms. The molecule has 2 saturated carbocycles. The number of nitrogens with zero attached hydrogens (tertiary/aromatic N) is 2. The smallest absolute Gasteiger partial charge is 0.0630 e. The molecule has 0 aromatic carbocycles. The van der Waals surface area contributed by atoms with Crippen LogP contribution in [-0.4, -0.2) is 22.4 Å². The summed E-state index contributed by atoms with van der Waals surface area (Å²) in [6, 6.07) is 3.01. The lowest BCUT2D eigenvalue weighted by Gasteiger charge is -2.28. The summed E-state index contributed by atoms with van der Waals surface area (Å²) < 4.78 is 1.92. The Morgan fingerprint density at radius 2 is 2.18 bits per heavy atom. The van der Waals surface area contributed by atoms with Crippen molar-refractivity contribution in [2.24, 2.45) is 12.5 Å². The maximum Gasteiger partial charge on any atom is 0.0630 e. The van der Waals surface area contributed by atoms with Crippen LogP contribution in [0.3, 0.4) is 0 Å². The molecule has 94 valence electrons. The Kier molecular flexibility index (Phi) is 2.95. The number of rotatable bonds is 5. The molecule has 0 saturated heterocycles. The third-order valence-corrected chi connectivity index (χ3v) is 4.33. The van der Waals surface area contributed by atoms with Gasteiger partial charge in [0, 0.05) is 25.8 Å². The van der Waals surface area contributed by atoms with E-state index in [9.17, 15) is 0 Å². The van der Waals surface area contributed by atoms with Gasteiger partial charge in [-0.1, -0.05) is 12.8 Å². The van der Waals surface area contributed by atoms with Crippen LogP contribution in [0.5, 0.6) is 0 Å². The van der Waals surface area contributed by atoms with Crippen molar-refractivity contribution < 1.29 is 0 Å². The van der Waals surface area contributed by atoms with E-state index in [1.807, 2.05) is 11.7 Å². The van der Waals surface area contributed by atoms with Gasteiger partial charge in [-0.25, -0.2) is 0 Å². The van der Waals surface area contributed by atoms with Crippen molar-refractivity contribution in [3.63, 3.8) is 0 Å². The van der Waals surface area contributed by atoms with Crippen LogP contribution in [0.4, 0.5) is 0 Å². The van der Waals surface area contributed by atoms with Crippen molar-refractivity contribution in [2.75, 3.05) is 6.54 Å². The van der Waals surface area contributed by atoms with Crippen LogP contribution in [0.2, 0.25) is 0 Å². The molecule has 0 atom stereocenters. The first-order valence-corrected chi connectivity index (χ1v) is 6.98. The Morgan fingerprint density at radius 1 is 1.41 bits per heavy atom. The molecule has 0 unspecified atom stereocenters. The first kappa shape index (κ1) is 11.3. The van der Waals surface area contributed by atoms with Crippen molar-refractivity contribution in [3.05, 3.63) is 18.0 Å². The van der Waals surface area contributed by atoms with Crippen LogP contribution in [0, 0.1) is 5.41 Å². The van der Waals surface area contributed by atoms with E-state index in [4.69, 9.17) is 0 Å². The predicted octanol–water partition coefficient (Wildman–Crippen LogP) is 2.28. The first-order valence-electron chi connectivity index (χ1n) is 6.98. The van der Waals surface area contributed by atoms with E-state index in [-0.39, 0.29) is 0 Å². The van der Waals surface area contributed by atoms with Gasteiger partial charge in [-0.3, -0.25) is 4.68 Å². The number of aryl methyl sites for hydroxylation is 1. The summed E-state index contributed by atoms with van der Waals surface area (Å²) in [5.41, 5.74) is 1.77. The van der Waals surface area contributed by atoms with Gasteiger partial charge in [0.1, 0.15) is 0 Å². The standard InChI is InChI=1S/C14H23N3/c1-17-9-6-13(16-17)10-14(7-2-3-8-14)11-15-12-4-5-12/h6,9,12,15H,2-5,7-8,10-11H2,1H3. The predicted molar refractivity (Wildman–Crippen MR) is 68.8 cm³/mol. The summed E-state index contributed by atoms with van der Waals surface area (Å²) in [6.45, 7) is 1.20. The quantitative estimate of drug-likeness (QED) is 0.845. The van der Waals surface area contributed by atoms with Crippen LogP contribution >= 0.6 is 0 Å². The minimum atomic E-state index is 0.497. The molecule has 3 heteroatoms. The Bertz CT molecular complexity index is 373. The Balaban J connectivity index is 1.65. The second-order valence-corrected chi connectivity index (χ2v) is 6.02. The number of hydrogen-bond donors (Lipinski definition) is 1. The van der Waals surface area contributed by atoms with Crippen LogP contribution in [0.25, 0.3) is 0 Å². The zero-order chi connectivity index (χ0) is 11.7. The molecular weight excluding hydrogens is 210 g/mol. The Hall–Kier alpha value is -0.830. The van der Waals surface area contributed by atoms with Gasteiger partial charge in [0.15, 0.2) is 0 Å². The van der Waals surface area contributed by atoms with Gasteiger partial charge in [0.05, 0.1) is 5.69 Å². The monoisotopic (exact) mass is 233 g/mol. The average molecular weight is 233 g/mol. The average Bonchev–Trinajstić information content (AvgIpc) is 2.90. The highest BCUT2D eigenvalue weighted by Crippen LogP contribution is 2.40. The summed E-state index contributed by atoms with van der Waals surface area (Å²) in [4.78, 5) is 0. The zero-order valence-corrected chi connectivity index (χ0v) is 10.8. The maximum atomic E-state index is 4.55. The van der Waals surface area contributed by atoms with Gasteiger partial charge in [-0.2, -0.15) is 5.10 Å². The van der Waals surface area contributed by atoms with Crippen molar-refractivity contribution in [2.45, 2.75) is 51.0 Å². The summed E-state index contributed by atoms with van der Waals surface area (Å²) >= 11 is 0.